The first-order valence-corrected chi connectivity index (χ1v) is 11.7. The van der Waals surface area contributed by atoms with Crippen LogP contribution >= 0.6 is 23.5 Å². The Morgan fingerprint density at radius 1 is 1.21 bits per heavy atom. The minimum absolute atomic E-state index is 0.0509. The van der Waals surface area contributed by atoms with E-state index in [1.54, 1.807) is 13.2 Å². The van der Waals surface area contributed by atoms with Gasteiger partial charge in [0.25, 0.3) is 5.56 Å². The van der Waals surface area contributed by atoms with Gasteiger partial charge in [-0.15, -0.1) is 0 Å². The van der Waals surface area contributed by atoms with Gasteiger partial charge in [0.05, 0.1) is 29.1 Å². The first-order chi connectivity index (χ1) is 16.1. The third-order valence-electron chi connectivity index (χ3n) is 5.00. The number of nitrogens with zero attached hydrogens (tertiary/aromatic N) is 6. The SMILES string of the molecule is Cc1ccc(C)c(-n2ncc3c(c2=O)SC(SCc2ccc(C(F)(F)F)cc2C#N)=NN3C)n1. The average Bonchev–Trinajstić information content (AvgIpc) is 2.79. The normalized spacial score (nSPS) is 13.3. The molecule has 34 heavy (non-hydrogen) atoms. The molecule has 0 N–H and O–H groups in total. The molecule has 0 radical (unpaired) electrons. The van der Waals surface area contributed by atoms with E-state index in [0.717, 1.165) is 35.2 Å². The largest absolute Gasteiger partial charge is 0.416 e. The van der Waals surface area contributed by atoms with Gasteiger partial charge in [-0.05, 0) is 43.2 Å². The first-order valence-electron chi connectivity index (χ1n) is 9.88. The van der Waals surface area contributed by atoms with E-state index >= 15 is 0 Å². The maximum Gasteiger partial charge on any atom is 0.416 e. The fraction of sp³-hybridized carbons (Fsp3) is 0.227. The summed E-state index contributed by atoms with van der Waals surface area (Å²) in [5.41, 5.74) is 1.25. The van der Waals surface area contributed by atoms with Gasteiger partial charge in [0, 0.05) is 18.5 Å². The number of alkyl halides is 3. The van der Waals surface area contributed by atoms with Crippen LogP contribution in [-0.4, -0.2) is 26.2 Å². The van der Waals surface area contributed by atoms with Crippen LogP contribution in [0.2, 0.25) is 0 Å². The second-order valence-corrected chi connectivity index (χ2v) is 9.65. The molecule has 0 amide bonds. The summed E-state index contributed by atoms with van der Waals surface area (Å²) in [6.45, 7) is 3.67. The van der Waals surface area contributed by atoms with Gasteiger partial charge in [0.15, 0.2) is 10.2 Å². The van der Waals surface area contributed by atoms with E-state index in [-0.39, 0.29) is 16.9 Å². The standard InChI is InChI=1S/C22H17F3N6OS2/c1-12-4-5-13(2)28-19(12)31-20(32)18-17(10-27-31)30(3)29-21(34-18)33-11-14-6-7-16(22(23,24)25)8-15(14)9-26/h4-8,10H,11H2,1-3H3. The van der Waals surface area contributed by atoms with Crippen LogP contribution in [0.1, 0.15) is 27.9 Å². The quantitative estimate of drug-likeness (QED) is 0.504. The molecule has 3 aromatic rings. The summed E-state index contributed by atoms with van der Waals surface area (Å²) in [5.74, 6) is 0.657. The number of anilines is 1. The van der Waals surface area contributed by atoms with E-state index in [1.807, 2.05) is 32.0 Å². The van der Waals surface area contributed by atoms with Gasteiger partial charge in [-0.1, -0.05) is 35.7 Å². The highest BCUT2D eigenvalue weighted by Crippen LogP contribution is 2.37. The molecular weight excluding hydrogens is 485 g/mol. The lowest BCUT2D eigenvalue weighted by Gasteiger charge is -2.23. The second-order valence-electron chi connectivity index (χ2n) is 7.43. The number of aryl methyl sites for hydroxylation is 2. The number of halogens is 3. The zero-order chi connectivity index (χ0) is 24.6. The minimum Gasteiger partial charge on any atom is -0.266 e. The first kappa shape index (κ1) is 23.8. The number of hydrogen-bond donors (Lipinski definition) is 0. The number of hydrogen-bond acceptors (Lipinski definition) is 8. The monoisotopic (exact) mass is 502 g/mol. The topological polar surface area (TPSA) is 87.2 Å². The molecule has 1 aliphatic heterocycles. The van der Waals surface area contributed by atoms with E-state index < -0.39 is 11.7 Å². The van der Waals surface area contributed by atoms with Gasteiger partial charge >= 0.3 is 6.18 Å². The minimum atomic E-state index is -4.52. The van der Waals surface area contributed by atoms with Crippen molar-refractivity contribution in [3.63, 3.8) is 0 Å². The van der Waals surface area contributed by atoms with E-state index in [0.29, 0.717) is 26.3 Å². The maximum atomic E-state index is 13.3. The number of pyridine rings is 1. The fourth-order valence-electron chi connectivity index (χ4n) is 3.20. The van der Waals surface area contributed by atoms with E-state index in [2.05, 4.69) is 15.2 Å². The number of fused-ring (bicyclic) bond motifs is 1. The van der Waals surface area contributed by atoms with E-state index in [1.165, 1.54) is 27.5 Å². The zero-order valence-electron chi connectivity index (χ0n) is 18.2. The van der Waals surface area contributed by atoms with Crippen LogP contribution in [-0.2, 0) is 11.9 Å². The molecule has 0 fully saturated rings. The Balaban J connectivity index is 1.61. The Morgan fingerprint density at radius 2 is 1.97 bits per heavy atom. The summed E-state index contributed by atoms with van der Waals surface area (Å²) in [5, 5.41) is 19.5. The van der Waals surface area contributed by atoms with E-state index in [4.69, 9.17) is 0 Å². The predicted octanol–water partition coefficient (Wildman–Crippen LogP) is 4.88. The van der Waals surface area contributed by atoms with Crippen LogP contribution < -0.4 is 10.6 Å². The summed E-state index contributed by atoms with van der Waals surface area (Å²) in [7, 11) is 1.68. The Labute approximate surface area is 201 Å². The molecule has 2 aromatic heterocycles. The van der Waals surface area contributed by atoms with Crippen molar-refractivity contribution in [3.8, 4) is 11.9 Å². The van der Waals surface area contributed by atoms with Gasteiger partial charge in [-0.3, -0.25) is 9.80 Å². The zero-order valence-corrected chi connectivity index (χ0v) is 19.8. The van der Waals surface area contributed by atoms with Crippen molar-refractivity contribution < 1.29 is 13.2 Å². The van der Waals surface area contributed by atoms with Crippen LogP contribution in [0.5, 0.6) is 0 Å². The summed E-state index contributed by atoms with van der Waals surface area (Å²) >= 11 is 2.39. The average molecular weight is 503 g/mol. The predicted molar refractivity (Wildman–Crippen MR) is 126 cm³/mol. The highest BCUT2D eigenvalue weighted by atomic mass is 32.2. The van der Waals surface area contributed by atoms with Gasteiger partial charge in [-0.2, -0.15) is 33.3 Å². The number of aromatic nitrogens is 3. The number of rotatable bonds is 3. The molecule has 174 valence electrons. The van der Waals surface area contributed by atoms with Crippen molar-refractivity contribution in [2.24, 2.45) is 5.10 Å². The summed E-state index contributed by atoms with van der Waals surface area (Å²) in [6.07, 6.45) is -2.98. The maximum absolute atomic E-state index is 13.3. The molecule has 0 bridgehead atoms. The smallest absolute Gasteiger partial charge is 0.266 e. The summed E-state index contributed by atoms with van der Waals surface area (Å²) < 4.78 is 40.6. The molecule has 0 saturated heterocycles. The highest BCUT2D eigenvalue weighted by Gasteiger charge is 2.31. The van der Waals surface area contributed by atoms with Crippen LogP contribution in [0.4, 0.5) is 18.9 Å². The Bertz CT molecular complexity index is 1410. The van der Waals surface area contributed by atoms with Crippen molar-refractivity contribution in [2.75, 3.05) is 12.1 Å². The van der Waals surface area contributed by atoms with Gasteiger partial charge in [-0.25, -0.2) is 4.98 Å². The van der Waals surface area contributed by atoms with E-state index in [9.17, 15) is 23.2 Å². The lowest BCUT2D eigenvalue weighted by Crippen LogP contribution is -2.29. The molecule has 0 aliphatic carbocycles. The molecule has 0 saturated carbocycles. The fourth-order valence-corrected chi connectivity index (χ4v) is 5.37. The molecule has 3 heterocycles. The third kappa shape index (κ3) is 4.67. The molecule has 12 heteroatoms. The van der Waals surface area contributed by atoms with Crippen LogP contribution in [0, 0.1) is 25.2 Å². The summed E-state index contributed by atoms with van der Waals surface area (Å²) in [4.78, 5) is 18.1. The molecule has 4 rings (SSSR count). The van der Waals surface area contributed by atoms with Gasteiger partial charge in [0.1, 0.15) is 4.90 Å². The van der Waals surface area contributed by atoms with Gasteiger partial charge in [0.2, 0.25) is 0 Å². The lowest BCUT2D eigenvalue weighted by atomic mass is 10.1. The van der Waals surface area contributed by atoms with Gasteiger partial charge < -0.3 is 0 Å². The molecule has 0 unspecified atom stereocenters. The molecule has 0 atom stereocenters. The Hall–Kier alpha value is -3.30. The Morgan fingerprint density at radius 3 is 2.68 bits per heavy atom. The molecule has 7 nitrogen and oxygen atoms in total. The molecular formula is C22H17F3N6OS2. The van der Waals surface area contributed by atoms with Crippen LogP contribution in [0.3, 0.4) is 0 Å². The van der Waals surface area contributed by atoms with Crippen LogP contribution in [0.25, 0.3) is 5.82 Å². The lowest BCUT2D eigenvalue weighted by molar-refractivity contribution is -0.137. The van der Waals surface area contributed by atoms with Crippen LogP contribution in [0.15, 0.2) is 51.3 Å². The number of thioether (sulfide) groups is 2. The molecule has 1 aliphatic rings. The van der Waals surface area contributed by atoms with Crippen molar-refractivity contribution in [1.82, 2.24) is 14.8 Å². The number of nitriles is 1. The highest BCUT2D eigenvalue weighted by molar-refractivity contribution is 8.38. The number of benzene rings is 1. The Kier molecular flexibility index (Phi) is 6.42. The van der Waals surface area contributed by atoms with Crippen molar-refractivity contribution >= 4 is 33.6 Å². The molecule has 1 aromatic carbocycles. The second kappa shape index (κ2) is 9.15. The molecule has 0 spiro atoms. The van der Waals surface area contributed by atoms with Crippen molar-refractivity contribution in [1.29, 1.82) is 5.26 Å². The summed E-state index contributed by atoms with van der Waals surface area (Å²) in [6, 6.07) is 8.63. The van der Waals surface area contributed by atoms with Crippen molar-refractivity contribution in [2.45, 2.75) is 30.7 Å². The third-order valence-corrected chi connectivity index (χ3v) is 7.23. The number of hydrazone groups is 1. The van der Waals surface area contributed by atoms with Crippen molar-refractivity contribution in [3.05, 3.63) is 74.8 Å².